The third-order valence-corrected chi connectivity index (χ3v) is 3.72. The van der Waals surface area contributed by atoms with E-state index >= 15 is 0 Å². The molecular formula is C18H23Cl2N5O2. The van der Waals surface area contributed by atoms with Crippen LogP contribution in [0.1, 0.15) is 19.0 Å². The van der Waals surface area contributed by atoms with Gasteiger partial charge in [0.2, 0.25) is 5.95 Å². The summed E-state index contributed by atoms with van der Waals surface area (Å²) in [6.07, 6.45) is 3.11. The van der Waals surface area contributed by atoms with E-state index in [1.165, 1.54) is 0 Å². The normalized spacial score (nSPS) is 9.96. The largest absolute Gasteiger partial charge is 0.493 e. The lowest BCUT2D eigenvalue weighted by Crippen LogP contribution is -2.11. The number of benzene rings is 1. The molecule has 0 amide bonds. The van der Waals surface area contributed by atoms with Crippen molar-refractivity contribution in [3.05, 3.63) is 42.2 Å². The highest BCUT2D eigenvalue weighted by Crippen LogP contribution is 2.25. The molecule has 0 fully saturated rings. The fourth-order valence-corrected chi connectivity index (χ4v) is 2.54. The van der Waals surface area contributed by atoms with Crippen molar-refractivity contribution in [2.75, 3.05) is 24.7 Å². The van der Waals surface area contributed by atoms with Gasteiger partial charge in [-0.15, -0.1) is 24.8 Å². The minimum absolute atomic E-state index is 0. The summed E-state index contributed by atoms with van der Waals surface area (Å²) >= 11 is 0. The third-order valence-electron chi connectivity index (χ3n) is 3.72. The molecule has 7 nitrogen and oxygen atoms in total. The van der Waals surface area contributed by atoms with Crippen molar-refractivity contribution in [1.82, 2.24) is 15.0 Å². The number of para-hydroxylation sites is 1. The van der Waals surface area contributed by atoms with Crippen molar-refractivity contribution in [3.8, 4) is 11.5 Å². The number of aromatic nitrogens is 3. The van der Waals surface area contributed by atoms with Crippen LogP contribution < -0.4 is 20.9 Å². The number of halogens is 2. The van der Waals surface area contributed by atoms with Crippen LogP contribution in [0.25, 0.3) is 10.9 Å². The first-order valence-corrected chi connectivity index (χ1v) is 8.20. The lowest BCUT2D eigenvalue weighted by atomic mass is 10.2. The van der Waals surface area contributed by atoms with E-state index in [2.05, 4.69) is 15.0 Å². The monoisotopic (exact) mass is 411 g/mol. The fourth-order valence-electron chi connectivity index (χ4n) is 2.54. The predicted octanol–water partition coefficient (Wildman–Crippen LogP) is 3.44. The molecular weight excluding hydrogens is 389 g/mol. The van der Waals surface area contributed by atoms with E-state index in [-0.39, 0.29) is 36.6 Å². The van der Waals surface area contributed by atoms with Gasteiger partial charge in [0.15, 0.2) is 11.6 Å². The summed E-state index contributed by atoms with van der Waals surface area (Å²) in [4.78, 5) is 12.4. The second kappa shape index (κ2) is 10.6. The van der Waals surface area contributed by atoms with Crippen LogP contribution in [-0.2, 0) is 6.42 Å². The van der Waals surface area contributed by atoms with Gasteiger partial charge in [0, 0.05) is 18.0 Å². The quantitative estimate of drug-likeness (QED) is 0.572. The summed E-state index contributed by atoms with van der Waals surface area (Å²) in [7, 11) is 0. The summed E-state index contributed by atoms with van der Waals surface area (Å²) in [5, 5.41) is 0.996. The number of nitrogens with zero attached hydrogens (tertiary/aromatic N) is 3. The lowest BCUT2D eigenvalue weighted by Gasteiger charge is -2.13. The number of nitrogen functional groups attached to an aromatic ring is 2. The molecule has 9 heteroatoms. The fraction of sp³-hybridized carbons (Fsp3) is 0.278. The van der Waals surface area contributed by atoms with Gasteiger partial charge in [0.05, 0.1) is 24.4 Å². The van der Waals surface area contributed by atoms with Gasteiger partial charge in [0.25, 0.3) is 0 Å². The predicted molar refractivity (Wildman–Crippen MR) is 112 cm³/mol. The minimum Gasteiger partial charge on any atom is -0.493 e. The Morgan fingerprint density at radius 3 is 2.48 bits per heavy atom. The Balaban J connectivity index is 0.00000182. The van der Waals surface area contributed by atoms with Crippen LogP contribution in [0, 0.1) is 0 Å². The van der Waals surface area contributed by atoms with Crippen LogP contribution >= 0.6 is 24.8 Å². The van der Waals surface area contributed by atoms with Crippen LogP contribution in [0.4, 0.5) is 11.8 Å². The van der Waals surface area contributed by atoms with Crippen LogP contribution in [0.5, 0.6) is 11.5 Å². The molecule has 2 aromatic heterocycles. The summed E-state index contributed by atoms with van der Waals surface area (Å²) < 4.78 is 11.6. The van der Waals surface area contributed by atoms with Gasteiger partial charge in [-0.25, -0.2) is 4.98 Å². The Hall–Kier alpha value is -2.51. The Kier molecular flexibility index (Phi) is 8.84. The first kappa shape index (κ1) is 22.5. The summed E-state index contributed by atoms with van der Waals surface area (Å²) in [6.45, 7) is 2.93. The third kappa shape index (κ3) is 5.48. The topological polar surface area (TPSA) is 109 Å². The molecule has 3 aromatic rings. The van der Waals surface area contributed by atoms with Crippen LogP contribution in [0.2, 0.25) is 0 Å². The maximum absolute atomic E-state index is 5.87. The van der Waals surface area contributed by atoms with Crippen molar-refractivity contribution in [1.29, 1.82) is 0 Å². The van der Waals surface area contributed by atoms with Crippen molar-refractivity contribution < 1.29 is 9.47 Å². The lowest BCUT2D eigenvalue weighted by molar-refractivity contribution is 0.247. The molecule has 0 bridgehead atoms. The number of rotatable bonds is 7. The zero-order valence-corrected chi connectivity index (χ0v) is 16.6. The van der Waals surface area contributed by atoms with Gasteiger partial charge >= 0.3 is 0 Å². The van der Waals surface area contributed by atoms with Crippen molar-refractivity contribution >= 4 is 47.5 Å². The Morgan fingerprint density at radius 2 is 1.70 bits per heavy atom. The van der Waals surface area contributed by atoms with Crippen LogP contribution in [0.3, 0.4) is 0 Å². The average molecular weight is 412 g/mol. The number of hydrogen-bond acceptors (Lipinski definition) is 7. The number of pyridine rings is 1. The van der Waals surface area contributed by atoms with Crippen LogP contribution in [0.15, 0.2) is 36.5 Å². The molecule has 0 atom stereocenters. The average Bonchev–Trinajstić information content (AvgIpc) is 2.62. The van der Waals surface area contributed by atoms with Gasteiger partial charge in [-0.3, -0.25) is 4.98 Å². The number of anilines is 2. The number of aryl methyl sites for hydroxylation is 1. The summed E-state index contributed by atoms with van der Waals surface area (Å²) in [5.41, 5.74) is 13.1. The molecule has 2 heterocycles. The highest BCUT2D eigenvalue weighted by molar-refractivity contribution is 5.86. The van der Waals surface area contributed by atoms with Gasteiger partial charge in [-0.05, 0) is 24.6 Å². The maximum atomic E-state index is 5.87. The summed E-state index contributed by atoms with van der Waals surface area (Å²) in [6, 6.07) is 9.74. The van der Waals surface area contributed by atoms with Crippen molar-refractivity contribution in [3.63, 3.8) is 0 Å². The molecule has 0 saturated carbocycles. The Labute approximate surface area is 170 Å². The smallest absolute Gasteiger partial charge is 0.222 e. The van der Waals surface area contributed by atoms with E-state index in [4.69, 9.17) is 20.9 Å². The van der Waals surface area contributed by atoms with Gasteiger partial charge < -0.3 is 20.9 Å². The Morgan fingerprint density at radius 1 is 0.963 bits per heavy atom. The van der Waals surface area contributed by atoms with E-state index in [0.29, 0.717) is 37.5 Å². The highest BCUT2D eigenvalue weighted by atomic mass is 35.5. The van der Waals surface area contributed by atoms with E-state index in [1.54, 1.807) is 6.20 Å². The standard InChI is InChI=1S/C18H21N5O2.2ClH/c1-2-13-16(17(19)23-18(20)22-13)25-11-5-10-24-15-8-9-21-14-7-4-3-6-12(14)15;;/h3-4,6-9H,2,5,10-11H2,1H3,(H4,19,20,22,23);2*1H. The first-order valence-electron chi connectivity index (χ1n) is 8.20. The molecule has 0 aliphatic rings. The summed E-state index contributed by atoms with van der Waals surface area (Å²) in [5.74, 6) is 1.75. The van der Waals surface area contributed by atoms with E-state index in [1.807, 2.05) is 37.3 Å². The SMILES string of the molecule is CCc1nc(N)nc(N)c1OCCCOc1ccnc2ccccc12.Cl.Cl. The first-order chi connectivity index (χ1) is 12.2. The molecule has 0 aliphatic heterocycles. The maximum Gasteiger partial charge on any atom is 0.222 e. The number of nitrogens with two attached hydrogens (primary N) is 2. The number of hydrogen-bond donors (Lipinski definition) is 2. The second-order valence-electron chi connectivity index (χ2n) is 5.47. The number of ether oxygens (including phenoxy) is 2. The zero-order chi connectivity index (χ0) is 17.6. The van der Waals surface area contributed by atoms with E-state index in [9.17, 15) is 0 Å². The second-order valence-corrected chi connectivity index (χ2v) is 5.47. The minimum atomic E-state index is 0. The molecule has 0 spiro atoms. The van der Waals surface area contributed by atoms with Crippen LogP contribution in [-0.4, -0.2) is 28.2 Å². The van der Waals surface area contributed by atoms with Gasteiger partial charge in [0.1, 0.15) is 5.75 Å². The molecule has 1 aromatic carbocycles. The molecule has 146 valence electrons. The molecule has 27 heavy (non-hydrogen) atoms. The number of fused-ring (bicyclic) bond motifs is 1. The molecule has 0 radical (unpaired) electrons. The zero-order valence-electron chi connectivity index (χ0n) is 14.9. The van der Waals surface area contributed by atoms with Gasteiger partial charge in [-0.2, -0.15) is 4.98 Å². The van der Waals surface area contributed by atoms with E-state index < -0.39 is 0 Å². The molecule has 3 rings (SSSR count). The molecule has 4 N–H and O–H groups in total. The van der Waals surface area contributed by atoms with Crippen molar-refractivity contribution in [2.45, 2.75) is 19.8 Å². The Bertz CT molecular complexity index is 874. The van der Waals surface area contributed by atoms with E-state index in [0.717, 1.165) is 16.7 Å². The molecule has 0 saturated heterocycles. The van der Waals surface area contributed by atoms with Crippen molar-refractivity contribution in [2.24, 2.45) is 0 Å². The molecule has 0 unspecified atom stereocenters. The van der Waals surface area contributed by atoms with Gasteiger partial charge in [-0.1, -0.05) is 19.1 Å². The highest BCUT2D eigenvalue weighted by Gasteiger charge is 2.11. The molecule has 0 aliphatic carbocycles.